The van der Waals surface area contributed by atoms with E-state index in [1.54, 1.807) is 0 Å². The van der Waals surface area contributed by atoms with Gasteiger partial charge in [0.05, 0.1) is 0 Å². The third kappa shape index (κ3) is 2.33. The van der Waals surface area contributed by atoms with Crippen molar-refractivity contribution in [2.24, 2.45) is 0 Å². The molecule has 1 nitrogen and oxygen atoms in total. The van der Waals surface area contributed by atoms with Gasteiger partial charge in [-0.1, -0.05) is 6.42 Å². The number of nitrogens with one attached hydrogen (secondary N) is 1. The molecule has 1 saturated carbocycles. The monoisotopic (exact) mass is 259 g/mol. The molecule has 2 rings (SSSR count). The second-order valence-corrected chi connectivity index (χ2v) is 5.82. The molecule has 0 bridgehead atoms. The Hall–Kier alpha value is 0.140. The van der Waals surface area contributed by atoms with E-state index in [4.69, 9.17) is 0 Å². The van der Waals surface area contributed by atoms with Gasteiger partial charge in [-0.2, -0.15) is 0 Å². The maximum atomic E-state index is 3.57. The second kappa shape index (κ2) is 4.11. The highest BCUT2D eigenvalue weighted by Gasteiger charge is 2.16. The fraction of sp³-hybridized carbons (Fsp3) is 0.600. The van der Waals surface area contributed by atoms with Crippen molar-refractivity contribution in [3.05, 3.63) is 20.3 Å². The lowest BCUT2D eigenvalue weighted by Crippen LogP contribution is -2.34. The Bertz CT molecular complexity index is 272. The lowest BCUT2D eigenvalue weighted by Gasteiger charge is -2.26. The lowest BCUT2D eigenvalue weighted by molar-refractivity contribution is 0.339. The van der Waals surface area contributed by atoms with Gasteiger partial charge < -0.3 is 5.32 Å². The Balaban J connectivity index is 1.86. The largest absolute Gasteiger partial charge is 0.309 e. The molecule has 1 aromatic rings. The number of rotatable bonds is 3. The molecule has 1 aliphatic carbocycles. The minimum absolute atomic E-state index is 0.793. The summed E-state index contributed by atoms with van der Waals surface area (Å²) in [5.41, 5.74) is 0. The van der Waals surface area contributed by atoms with Gasteiger partial charge >= 0.3 is 0 Å². The van der Waals surface area contributed by atoms with Crippen LogP contribution in [0.25, 0.3) is 0 Å². The molecule has 1 heterocycles. The van der Waals surface area contributed by atoms with Crippen LogP contribution < -0.4 is 5.32 Å². The van der Waals surface area contributed by atoms with Crippen molar-refractivity contribution in [1.82, 2.24) is 5.32 Å². The highest BCUT2D eigenvalue weighted by Crippen LogP contribution is 2.27. The Morgan fingerprint density at radius 3 is 2.85 bits per heavy atom. The first-order valence-electron chi connectivity index (χ1n) is 4.74. The summed E-state index contributed by atoms with van der Waals surface area (Å²) in [6.07, 6.45) is 4.14. The number of thiophene rings is 1. The van der Waals surface area contributed by atoms with Crippen LogP contribution in [0.4, 0.5) is 0 Å². The quantitative estimate of drug-likeness (QED) is 0.877. The van der Waals surface area contributed by atoms with Crippen molar-refractivity contribution in [1.29, 1.82) is 0 Å². The van der Waals surface area contributed by atoms with Crippen molar-refractivity contribution in [2.75, 3.05) is 0 Å². The molecule has 3 heteroatoms. The zero-order valence-corrected chi connectivity index (χ0v) is 10.2. The highest BCUT2D eigenvalue weighted by molar-refractivity contribution is 9.10. The molecule has 0 amide bonds. The molecule has 13 heavy (non-hydrogen) atoms. The van der Waals surface area contributed by atoms with E-state index in [0.29, 0.717) is 0 Å². The van der Waals surface area contributed by atoms with Gasteiger partial charge in [-0.25, -0.2) is 0 Å². The van der Waals surface area contributed by atoms with Gasteiger partial charge in [-0.3, -0.25) is 0 Å². The summed E-state index contributed by atoms with van der Waals surface area (Å²) >= 11 is 5.42. The number of aryl methyl sites for hydroxylation is 1. The molecular formula is C10H14BrNS. The molecule has 1 N–H and O–H groups in total. The standard InChI is InChI=1S/C10H14BrNS/c1-7-10(11)5-9(13-7)6-12-8-3-2-4-8/h5,8,12H,2-4,6H2,1H3. The van der Waals surface area contributed by atoms with E-state index >= 15 is 0 Å². The molecule has 1 aliphatic rings. The Morgan fingerprint density at radius 1 is 1.62 bits per heavy atom. The Labute approximate surface area is 91.7 Å². The van der Waals surface area contributed by atoms with Crippen molar-refractivity contribution in [2.45, 2.75) is 38.8 Å². The fourth-order valence-corrected chi connectivity index (χ4v) is 3.01. The normalized spacial score (nSPS) is 17.4. The Kier molecular flexibility index (Phi) is 3.06. The maximum absolute atomic E-state index is 3.57. The first-order valence-corrected chi connectivity index (χ1v) is 6.35. The smallest absolute Gasteiger partial charge is 0.0314 e. The van der Waals surface area contributed by atoms with Crippen molar-refractivity contribution in [3.8, 4) is 0 Å². The first-order chi connectivity index (χ1) is 6.25. The van der Waals surface area contributed by atoms with Crippen LogP contribution >= 0.6 is 27.3 Å². The third-order valence-electron chi connectivity index (χ3n) is 2.58. The number of halogens is 1. The molecule has 0 spiro atoms. The van der Waals surface area contributed by atoms with Crippen LogP contribution in [0.5, 0.6) is 0 Å². The van der Waals surface area contributed by atoms with Gasteiger partial charge in [0, 0.05) is 26.8 Å². The number of hydrogen-bond donors (Lipinski definition) is 1. The van der Waals surface area contributed by atoms with E-state index in [1.165, 1.54) is 33.5 Å². The van der Waals surface area contributed by atoms with Crippen molar-refractivity contribution < 1.29 is 0 Å². The summed E-state index contributed by atoms with van der Waals surface area (Å²) in [5.74, 6) is 0. The summed E-state index contributed by atoms with van der Waals surface area (Å²) in [7, 11) is 0. The van der Waals surface area contributed by atoms with Crippen LogP contribution in [0.3, 0.4) is 0 Å². The summed E-state index contributed by atoms with van der Waals surface area (Å²) in [5, 5.41) is 3.57. The zero-order chi connectivity index (χ0) is 9.26. The topological polar surface area (TPSA) is 12.0 Å². The van der Waals surface area contributed by atoms with Gasteiger partial charge in [0.1, 0.15) is 0 Å². The van der Waals surface area contributed by atoms with Crippen molar-refractivity contribution >= 4 is 27.3 Å². The minimum atomic E-state index is 0.793. The average molecular weight is 260 g/mol. The molecule has 0 unspecified atom stereocenters. The van der Waals surface area contributed by atoms with Crippen LogP contribution in [0.1, 0.15) is 29.0 Å². The van der Waals surface area contributed by atoms with Crippen LogP contribution in [0, 0.1) is 6.92 Å². The van der Waals surface area contributed by atoms with E-state index in [0.717, 1.165) is 12.6 Å². The van der Waals surface area contributed by atoms with Crippen LogP contribution in [-0.4, -0.2) is 6.04 Å². The van der Waals surface area contributed by atoms with Crippen molar-refractivity contribution in [3.63, 3.8) is 0 Å². The summed E-state index contributed by atoms with van der Waals surface area (Å²) in [6.45, 7) is 3.20. The van der Waals surface area contributed by atoms with Crippen LogP contribution in [0.2, 0.25) is 0 Å². The molecule has 0 saturated heterocycles. The van der Waals surface area contributed by atoms with Gasteiger partial charge in [-0.05, 0) is 41.8 Å². The molecule has 0 atom stereocenters. The second-order valence-electron chi connectivity index (χ2n) is 3.63. The molecule has 1 fully saturated rings. The predicted molar refractivity (Wildman–Crippen MR) is 61.2 cm³/mol. The highest BCUT2D eigenvalue weighted by atomic mass is 79.9. The fourth-order valence-electron chi connectivity index (χ4n) is 1.46. The molecule has 0 aromatic carbocycles. The van der Waals surface area contributed by atoms with E-state index in [-0.39, 0.29) is 0 Å². The van der Waals surface area contributed by atoms with E-state index in [2.05, 4.69) is 34.2 Å². The summed E-state index contributed by atoms with van der Waals surface area (Å²) in [6, 6.07) is 3.02. The summed E-state index contributed by atoms with van der Waals surface area (Å²) in [4.78, 5) is 2.82. The van der Waals surface area contributed by atoms with Gasteiger partial charge in [0.15, 0.2) is 0 Å². The van der Waals surface area contributed by atoms with E-state index in [1.807, 2.05) is 11.3 Å². The van der Waals surface area contributed by atoms with E-state index in [9.17, 15) is 0 Å². The van der Waals surface area contributed by atoms with Gasteiger partial charge in [0.25, 0.3) is 0 Å². The first kappa shape index (κ1) is 9.69. The average Bonchev–Trinajstić information content (AvgIpc) is 2.28. The lowest BCUT2D eigenvalue weighted by atomic mass is 9.93. The minimum Gasteiger partial charge on any atom is -0.309 e. The van der Waals surface area contributed by atoms with Gasteiger partial charge in [0.2, 0.25) is 0 Å². The maximum Gasteiger partial charge on any atom is 0.0314 e. The molecule has 72 valence electrons. The summed E-state index contributed by atoms with van der Waals surface area (Å²) < 4.78 is 1.25. The number of hydrogen-bond acceptors (Lipinski definition) is 2. The molecule has 1 aromatic heterocycles. The SMILES string of the molecule is Cc1sc(CNC2CCC2)cc1Br. The van der Waals surface area contributed by atoms with Crippen LogP contribution in [0.15, 0.2) is 10.5 Å². The molecular weight excluding hydrogens is 246 g/mol. The van der Waals surface area contributed by atoms with E-state index < -0.39 is 0 Å². The van der Waals surface area contributed by atoms with Gasteiger partial charge in [-0.15, -0.1) is 11.3 Å². The predicted octanol–water partition coefficient (Wildman–Crippen LogP) is 3.46. The molecule has 0 radical (unpaired) electrons. The third-order valence-corrected chi connectivity index (χ3v) is 4.71. The molecule has 0 aliphatic heterocycles. The van der Waals surface area contributed by atoms with Crippen LogP contribution in [-0.2, 0) is 6.54 Å². The Morgan fingerprint density at radius 2 is 2.38 bits per heavy atom. The zero-order valence-electron chi connectivity index (χ0n) is 7.77.